The summed E-state index contributed by atoms with van der Waals surface area (Å²) in [4.78, 5) is 49.5. The van der Waals surface area contributed by atoms with Crippen molar-refractivity contribution in [2.24, 2.45) is 0 Å². The van der Waals surface area contributed by atoms with E-state index in [1.165, 1.54) is 16.2 Å². The van der Waals surface area contributed by atoms with E-state index in [2.05, 4.69) is 9.97 Å². The zero-order valence-corrected chi connectivity index (χ0v) is 19.1. The van der Waals surface area contributed by atoms with Crippen molar-refractivity contribution in [3.8, 4) is 5.75 Å². The molecule has 1 aliphatic heterocycles. The van der Waals surface area contributed by atoms with Gasteiger partial charge in [0, 0.05) is 24.6 Å². The van der Waals surface area contributed by atoms with E-state index in [0.29, 0.717) is 22.1 Å². The van der Waals surface area contributed by atoms with E-state index in [9.17, 15) is 14.4 Å². The first-order valence-electron chi connectivity index (χ1n) is 10.7. The smallest absolute Gasteiger partial charge is 0.260 e. The number of amides is 3. The number of pyridine rings is 1. The van der Waals surface area contributed by atoms with Gasteiger partial charge in [0.15, 0.2) is 5.13 Å². The van der Waals surface area contributed by atoms with Gasteiger partial charge in [0.1, 0.15) is 5.75 Å². The third-order valence-electron chi connectivity index (χ3n) is 5.53. The molecule has 0 unspecified atom stereocenters. The monoisotopic (exact) mass is 472 g/mol. The Morgan fingerprint density at radius 3 is 2.50 bits per heavy atom. The first kappa shape index (κ1) is 21.7. The summed E-state index contributed by atoms with van der Waals surface area (Å²) < 4.78 is 6.21. The molecule has 1 fully saturated rings. The quantitative estimate of drug-likeness (QED) is 0.391. The Bertz CT molecular complexity index is 1370. The van der Waals surface area contributed by atoms with Gasteiger partial charge in [-0.1, -0.05) is 17.4 Å². The molecule has 0 spiro atoms. The van der Waals surface area contributed by atoms with Crippen molar-refractivity contribution < 1.29 is 19.1 Å². The van der Waals surface area contributed by atoms with E-state index < -0.39 is 0 Å². The van der Waals surface area contributed by atoms with Crippen LogP contribution < -0.4 is 14.5 Å². The van der Waals surface area contributed by atoms with Crippen molar-refractivity contribution in [2.75, 3.05) is 16.9 Å². The summed E-state index contributed by atoms with van der Waals surface area (Å²) in [5.74, 6) is -0.00860. The number of hydrogen-bond acceptors (Lipinski definition) is 7. The number of thiazole rings is 1. The minimum Gasteiger partial charge on any atom is -0.497 e. The van der Waals surface area contributed by atoms with Crippen LogP contribution in [0.3, 0.4) is 0 Å². The summed E-state index contributed by atoms with van der Waals surface area (Å²) in [6.07, 6.45) is 2.10. The number of anilines is 2. The van der Waals surface area contributed by atoms with E-state index in [1.807, 2.05) is 36.4 Å². The SMILES string of the molecule is COc1ccc2nc(N(Cc3ccccn3)C(=O)c3ccc(N4C(=O)CCC4=O)cc3)sc2c1. The average Bonchev–Trinajstić information content (AvgIpc) is 3.44. The minimum absolute atomic E-state index is 0.208. The fourth-order valence-corrected chi connectivity index (χ4v) is 4.78. The van der Waals surface area contributed by atoms with Gasteiger partial charge in [-0.3, -0.25) is 29.2 Å². The number of rotatable bonds is 6. The summed E-state index contributed by atoms with van der Waals surface area (Å²) in [6, 6.07) is 17.6. The molecule has 0 aliphatic carbocycles. The molecule has 5 rings (SSSR count). The van der Waals surface area contributed by atoms with Gasteiger partial charge >= 0.3 is 0 Å². The van der Waals surface area contributed by atoms with Gasteiger partial charge in [-0.15, -0.1) is 0 Å². The largest absolute Gasteiger partial charge is 0.497 e. The highest BCUT2D eigenvalue weighted by Gasteiger charge is 2.30. The van der Waals surface area contributed by atoms with Gasteiger partial charge in [-0.2, -0.15) is 0 Å². The lowest BCUT2D eigenvalue weighted by molar-refractivity contribution is -0.121. The molecule has 0 saturated carbocycles. The molecular weight excluding hydrogens is 452 g/mol. The molecule has 1 saturated heterocycles. The molecule has 1 aliphatic rings. The van der Waals surface area contributed by atoms with Crippen LogP contribution in [0.25, 0.3) is 10.2 Å². The third-order valence-corrected chi connectivity index (χ3v) is 6.57. The highest BCUT2D eigenvalue weighted by Crippen LogP contribution is 2.33. The first-order chi connectivity index (χ1) is 16.5. The molecule has 170 valence electrons. The van der Waals surface area contributed by atoms with Crippen LogP contribution >= 0.6 is 11.3 Å². The molecule has 0 radical (unpaired) electrons. The van der Waals surface area contributed by atoms with Crippen LogP contribution in [0.5, 0.6) is 5.75 Å². The molecule has 0 bridgehead atoms. The molecule has 0 atom stereocenters. The highest BCUT2D eigenvalue weighted by molar-refractivity contribution is 7.22. The molecule has 9 heteroatoms. The lowest BCUT2D eigenvalue weighted by atomic mass is 10.1. The summed E-state index contributed by atoms with van der Waals surface area (Å²) in [6.45, 7) is 0.238. The molecule has 2 aromatic heterocycles. The van der Waals surface area contributed by atoms with Crippen LogP contribution in [0.4, 0.5) is 10.8 Å². The van der Waals surface area contributed by atoms with Crippen LogP contribution in [-0.4, -0.2) is 34.8 Å². The number of ether oxygens (including phenoxy) is 1. The number of carbonyl (C=O) groups is 3. The normalized spacial score (nSPS) is 13.5. The minimum atomic E-state index is -0.262. The number of methoxy groups -OCH3 is 1. The number of fused-ring (bicyclic) bond motifs is 1. The number of hydrogen-bond donors (Lipinski definition) is 0. The molecule has 2 aromatic carbocycles. The Hall–Kier alpha value is -4.11. The average molecular weight is 473 g/mol. The van der Waals surface area contributed by atoms with Gasteiger partial charge in [-0.25, -0.2) is 4.98 Å². The lowest BCUT2D eigenvalue weighted by Gasteiger charge is -2.20. The number of benzene rings is 2. The van der Waals surface area contributed by atoms with Crippen molar-refractivity contribution in [3.63, 3.8) is 0 Å². The molecule has 3 heterocycles. The first-order valence-corrected chi connectivity index (χ1v) is 11.5. The Labute approximate surface area is 199 Å². The molecule has 4 aromatic rings. The fraction of sp³-hybridized carbons (Fsp3) is 0.160. The Balaban J connectivity index is 1.49. The maximum atomic E-state index is 13.6. The van der Waals surface area contributed by atoms with Gasteiger partial charge < -0.3 is 4.74 Å². The van der Waals surface area contributed by atoms with Crippen molar-refractivity contribution in [2.45, 2.75) is 19.4 Å². The van der Waals surface area contributed by atoms with E-state index in [1.54, 1.807) is 42.5 Å². The second-order valence-corrected chi connectivity index (χ2v) is 8.72. The van der Waals surface area contributed by atoms with Crippen LogP contribution in [-0.2, 0) is 16.1 Å². The number of imide groups is 1. The second kappa shape index (κ2) is 9.03. The van der Waals surface area contributed by atoms with Gasteiger partial charge in [0.25, 0.3) is 5.91 Å². The molecular formula is C25H20N4O4S. The predicted molar refractivity (Wildman–Crippen MR) is 129 cm³/mol. The summed E-state index contributed by atoms with van der Waals surface area (Å²) in [5.41, 5.74) is 2.36. The van der Waals surface area contributed by atoms with E-state index in [0.717, 1.165) is 15.9 Å². The maximum absolute atomic E-state index is 13.6. The van der Waals surface area contributed by atoms with Crippen LogP contribution in [0, 0.1) is 0 Å². The van der Waals surface area contributed by atoms with Crippen molar-refractivity contribution in [3.05, 3.63) is 78.1 Å². The molecule has 0 N–H and O–H groups in total. The van der Waals surface area contributed by atoms with Crippen molar-refractivity contribution in [1.82, 2.24) is 9.97 Å². The zero-order chi connectivity index (χ0) is 23.7. The maximum Gasteiger partial charge on any atom is 0.260 e. The Morgan fingerprint density at radius 1 is 1.06 bits per heavy atom. The summed E-state index contributed by atoms with van der Waals surface area (Å²) >= 11 is 1.39. The fourth-order valence-electron chi connectivity index (χ4n) is 3.79. The van der Waals surface area contributed by atoms with E-state index in [4.69, 9.17) is 4.74 Å². The molecule has 3 amide bonds. The topological polar surface area (TPSA) is 92.7 Å². The van der Waals surface area contributed by atoms with E-state index in [-0.39, 0.29) is 37.1 Å². The van der Waals surface area contributed by atoms with Crippen molar-refractivity contribution >= 4 is 50.1 Å². The summed E-state index contributed by atoms with van der Waals surface area (Å²) in [7, 11) is 1.60. The lowest BCUT2D eigenvalue weighted by Crippen LogP contribution is -2.31. The number of aromatic nitrogens is 2. The van der Waals surface area contributed by atoms with Crippen LogP contribution in [0.1, 0.15) is 28.9 Å². The third kappa shape index (κ3) is 4.13. The Kier molecular flexibility index (Phi) is 5.77. The zero-order valence-electron chi connectivity index (χ0n) is 18.3. The standard InChI is InChI=1S/C25H20N4O4S/c1-33-19-9-10-20-21(14-19)34-25(27-20)28(15-17-4-2-3-13-26-17)24(32)16-5-7-18(8-6-16)29-22(30)11-12-23(29)31/h2-10,13-14H,11-12,15H2,1H3. The predicted octanol–water partition coefficient (Wildman–Crippen LogP) is 4.20. The number of carbonyl (C=O) groups excluding carboxylic acids is 3. The van der Waals surface area contributed by atoms with Crippen molar-refractivity contribution in [1.29, 1.82) is 0 Å². The van der Waals surface area contributed by atoms with Gasteiger partial charge in [0.2, 0.25) is 11.8 Å². The Morgan fingerprint density at radius 2 is 1.82 bits per heavy atom. The molecule has 34 heavy (non-hydrogen) atoms. The summed E-state index contributed by atoms with van der Waals surface area (Å²) in [5, 5.41) is 0.535. The molecule has 8 nitrogen and oxygen atoms in total. The van der Waals surface area contributed by atoms with Crippen LogP contribution in [0.15, 0.2) is 66.9 Å². The van der Waals surface area contributed by atoms with Gasteiger partial charge in [0.05, 0.1) is 35.3 Å². The highest BCUT2D eigenvalue weighted by atomic mass is 32.1. The van der Waals surface area contributed by atoms with Gasteiger partial charge in [-0.05, 0) is 54.6 Å². The van der Waals surface area contributed by atoms with Crippen LogP contribution in [0.2, 0.25) is 0 Å². The second-order valence-electron chi connectivity index (χ2n) is 7.71. The number of nitrogens with zero attached hydrogens (tertiary/aromatic N) is 4. The van der Waals surface area contributed by atoms with E-state index >= 15 is 0 Å².